The van der Waals surface area contributed by atoms with E-state index in [0.717, 1.165) is 5.56 Å². The molecular formula is C16H15N5O2. The summed E-state index contributed by atoms with van der Waals surface area (Å²) in [5.41, 5.74) is 2.89. The Morgan fingerprint density at radius 1 is 1.43 bits per heavy atom. The molecule has 1 aromatic carbocycles. The Balaban J connectivity index is 1.75. The van der Waals surface area contributed by atoms with E-state index in [4.69, 9.17) is 5.26 Å². The van der Waals surface area contributed by atoms with Gasteiger partial charge in [0, 0.05) is 25.7 Å². The van der Waals surface area contributed by atoms with Gasteiger partial charge in [-0.25, -0.2) is 0 Å². The van der Waals surface area contributed by atoms with Crippen molar-refractivity contribution in [1.29, 1.82) is 5.26 Å². The minimum atomic E-state index is -0.305. The number of aromatic nitrogens is 2. The average Bonchev–Trinajstić information content (AvgIpc) is 2.91. The molecule has 23 heavy (non-hydrogen) atoms. The first-order valence-corrected chi connectivity index (χ1v) is 7.21. The summed E-state index contributed by atoms with van der Waals surface area (Å²) in [6.45, 7) is 0.843. The number of rotatable bonds is 3. The van der Waals surface area contributed by atoms with E-state index in [-0.39, 0.29) is 11.8 Å². The zero-order chi connectivity index (χ0) is 16.4. The molecule has 0 bridgehead atoms. The van der Waals surface area contributed by atoms with E-state index in [2.05, 4.69) is 15.7 Å². The first-order valence-electron chi connectivity index (χ1n) is 7.21. The molecule has 2 heterocycles. The van der Waals surface area contributed by atoms with Crippen LogP contribution in [0.1, 0.15) is 37.7 Å². The third-order valence-electron chi connectivity index (χ3n) is 3.77. The second-order valence-electron chi connectivity index (χ2n) is 5.30. The Kier molecular flexibility index (Phi) is 3.81. The van der Waals surface area contributed by atoms with Gasteiger partial charge in [0.2, 0.25) is 0 Å². The molecule has 0 atom stereocenters. The third-order valence-corrected chi connectivity index (χ3v) is 3.77. The van der Waals surface area contributed by atoms with Gasteiger partial charge in [-0.05, 0) is 24.1 Å². The number of amides is 2. The SMILES string of the molecule is Cn1nc(C(=O)NCc2ccc(C#N)cc2)c2c1C(=O)NCC2. The van der Waals surface area contributed by atoms with Gasteiger partial charge in [0.25, 0.3) is 11.8 Å². The Bertz CT molecular complexity index is 814. The minimum absolute atomic E-state index is 0.201. The minimum Gasteiger partial charge on any atom is -0.350 e. The predicted molar refractivity (Wildman–Crippen MR) is 81.6 cm³/mol. The van der Waals surface area contributed by atoms with Crippen molar-refractivity contribution in [1.82, 2.24) is 20.4 Å². The smallest absolute Gasteiger partial charge is 0.272 e. The quantitative estimate of drug-likeness (QED) is 0.862. The monoisotopic (exact) mass is 309 g/mol. The fraction of sp³-hybridized carbons (Fsp3) is 0.250. The van der Waals surface area contributed by atoms with Crippen LogP contribution in [-0.2, 0) is 20.0 Å². The lowest BCUT2D eigenvalue weighted by atomic mass is 10.0. The highest BCUT2D eigenvalue weighted by atomic mass is 16.2. The van der Waals surface area contributed by atoms with Crippen molar-refractivity contribution >= 4 is 11.8 Å². The summed E-state index contributed by atoms with van der Waals surface area (Å²) in [6.07, 6.45) is 0.592. The van der Waals surface area contributed by atoms with Crippen molar-refractivity contribution in [3.8, 4) is 6.07 Å². The molecule has 3 rings (SSSR count). The van der Waals surface area contributed by atoms with Crippen molar-refractivity contribution in [3.05, 3.63) is 52.3 Å². The van der Waals surface area contributed by atoms with Crippen LogP contribution in [0, 0.1) is 11.3 Å². The van der Waals surface area contributed by atoms with Crippen LogP contribution >= 0.6 is 0 Å². The predicted octanol–water partition coefficient (Wildman–Crippen LogP) is 0.508. The van der Waals surface area contributed by atoms with E-state index >= 15 is 0 Å². The van der Waals surface area contributed by atoms with Gasteiger partial charge >= 0.3 is 0 Å². The fourth-order valence-corrected chi connectivity index (χ4v) is 2.62. The number of carbonyl (C=O) groups excluding carboxylic acids is 2. The third kappa shape index (κ3) is 2.79. The van der Waals surface area contributed by atoms with Crippen LogP contribution in [0.2, 0.25) is 0 Å². The number of nitrogens with one attached hydrogen (secondary N) is 2. The zero-order valence-corrected chi connectivity index (χ0v) is 12.6. The number of hydrogen-bond donors (Lipinski definition) is 2. The van der Waals surface area contributed by atoms with Crippen molar-refractivity contribution < 1.29 is 9.59 Å². The molecule has 0 spiro atoms. The number of hydrogen-bond acceptors (Lipinski definition) is 4. The molecule has 0 fully saturated rings. The maximum absolute atomic E-state index is 12.4. The van der Waals surface area contributed by atoms with Crippen LogP contribution in [0.5, 0.6) is 0 Å². The highest BCUT2D eigenvalue weighted by Crippen LogP contribution is 2.17. The second kappa shape index (κ2) is 5.93. The van der Waals surface area contributed by atoms with Crippen molar-refractivity contribution in [3.63, 3.8) is 0 Å². The number of carbonyl (C=O) groups is 2. The summed E-state index contributed by atoms with van der Waals surface area (Å²) >= 11 is 0. The molecule has 0 radical (unpaired) electrons. The molecule has 1 aromatic heterocycles. The molecule has 0 saturated heterocycles. The lowest BCUT2D eigenvalue weighted by molar-refractivity contribution is 0.0935. The highest BCUT2D eigenvalue weighted by molar-refractivity contribution is 6.01. The van der Waals surface area contributed by atoms with Crippen LogP contribution < -0.4 is 10.6 Å². The summed E-state index contributed by atoms with van der Waals surface area (Å²) in [5.74, 6) is -0.506. The lowest BCUT2D eigenvalue weighted by Gasteiger charge is -2.13. The maximum atomic E-state index is 12.4. The van der Waals surface area contributed by atoms with E-state index in [9.17, 15) is 9.59 Å². The fourth-order valence-electron chi connectivity index (χ4n) is 2.62. The van der Waals surface area contributed by atoms with Crippen LogP contribution in [0.4, 0.5) is 0 Å². The number of fused-ring (bicyclic) bond motifs is 1. The summed E-state index contributed by atoms with van der Waals surface area (Å²) in [7, 11) is 1.65. The molecule has 7 heteroatoms. The molecule has 0 saturated carbocycles. The molecule has 7 nitrogen and oxygen atoms in total. The molecule has 116 valence electrons. The maximum Gasteiger partial charge on any atom is 0.272 e. The summed E-state index contributed by atoms with van der Waals surface area (Å²) in [5, 5.41) is 18.5. The van der Waals surface area contributed by atoms with E-state index in [1.54, 1.807) is 31.3 Å². The van der Waals surface area contributed by atoms with Gasteiger partial charge in [0.15, 0.2) is 5.69 Å². The Morgan fingerprint density at radius 2 is 2.17 bits per heavy atom. The number of nitrogens with zero attached hydrogens (tertiary/aromatic N) is 3. The van der Waals surface area contributed by atoms with Gasteiger partial charge in [0.1, 0.15) is 5.69 Å². The van der Waals surface area contributed by atoms with Gasteiger partial charge in [-0.3, -0.25) is 14.3 Å². The topological polar surface area (TPSA) is 99.8 Å². The molecule has 0 unspecified atom stereocenters. The molecule has 2 aromatic rings. The second-order valence-corrected chi connectivity index (χ2v) is 5.30. The van der Waals surface area contributed by atoms with E-state index < -0.39 is 0 Å². The zero-order valence-electron chi connectivity index (χ0n) is 12.6. The highest BCUT2D eigenvalue weighted by Gasteiger charge is 2.28. The molecule has 2 N–H and O–H groups in total. The molecule has 2 amide bonds. The number of nitriles is 1. The van der Waals surface area contributed by atoms with E-state index in [1.165, 1.54) is 4.68 Å². The van der Waals surface area contributed by atoms with Crippen LogP contribution in [0.15, 0.2) is 24.3 Å². The summed E-state index contributed by atoms with van der Waals surface area (Å²) in [6, 6.07) is 9.04. The number of aryl methyl sites for hydroxylation is 1. The molecule has 0 aliphatic carbocycles. The summed E-state index contributed by atoms with van der Waals surface area (Å²) < 4.78 is 1.44. The Hall–Kier alpha value is -3.14. The van der Waals surface area contributed by atoms with E-state index in [0.29, 0.717) is 42.0 Å². The first kappa shape index (κ1) is 14.8. The van der Waals surface area contributed by atoms with Gasteiger partial charge in [-0.1, -0.05) is 12.1 Å². The van der Waals surface area contributed by atoms with Gasteiger partial charge < -0.3 is 10.6 Å². The Labute approximate surface area is 132 Å². The standard InChI is InChI=1S/C16H15N5O2/c1-21-14-12(6-7-18-16(14)23)13(20-21)15(22)19-9-11-4-2-10(8-17)3-5-11/h2-5H,6-7,9H2,1H3,(H,18,23)(H,19,22). The van der Waals surface area contributed by atoms with Crippen molar-refractivity contribution in [2.24, 2.45) is 7.05 Å². The number of benzene rings is 1. The normalized spacial score (nSPS) is 13.0. The van der Waals surface area contributed by atoms with Gasteiger partial charge in [-0.2, -0.15) is 10.4 Å². The van der Waals surface area contributed by atoms with Crippen molar-refractivity contribution in [2.45, 2.75) is 13.0 Å². The average molecular weight is 309 g/mol. The van der Waals surface area contributed by atoms with E-state index in [1.807, 2.05) is 6.07 Å². The van der Waals surface area contributed by atoms with Crippen LogP contribution in [0.3, 0.4) is 0 Å². The van der Waals surface area contributed by atoms with Crippen LogP contribution in [-0.4, -0.2) is 28.1 Å². The summed E-state index contributed by atoms with van der Waals surface area (Å²) in [4.78, 5) is 24.2. The van der Waals surface area contributed by atoms with Crippen molar-refractivity contribution in [2.75, 3.05) is 6.54 Å². The van der Waals surface area contributed by atoms with Gasteiger partial charge in [0.05, 0.1) is 11.6 Å². The van der Waals surface area contributed by atoms with Gasteiger partial charge in [-0.15, -0.1) is 0 Å². The molecule has 1 aliphatic heterocycles. The molecular weight excluding hydrogens is 294 g/mol. The Morgan fingerprint density at radius 3 is 2.87 bits per heavy atom. The van der Waals surface area contributed by atoms with Crippen LogP contribution in [0.25, 0.3) is 0 Å². The first-order chi connectivity index (χ1) is 11.1. The lowest BCUT2D eigenvalue weighted by Crippen LogP contribution is -2.34. The largest absolute Gasteiger partial charge is 0.350 e. The molecule has 1 aliphatic rings.